The highest BCUT2D eigenvalue weighted by Gasteiger charge is 2.41. The summed E-state index contributed by atoms with van der Waals surface area (Å²) in [5.74, 6) is 1.61. The lowest BCUT2D eigenvalue weighted by Gasteiger charge is -2.49. The zero-order chi connectivity index (χ0) is 29.9. The number of rotatable bonds is 11. The number of unbranched alkanes of at least 4 members (excludes halogenated alkanes) is 3. The van der Waals surface area contributed by atoms with Crippen LogP contribution in [0.2, 0.25) is 0 Å². The molecule has 0 bridgehead atoms. The zero-order valence-corrected chi connectivity index (χ0v) is 27.7. The summed E-state index contributed by atoms with van der Waals surface area (Å²) < 4.78 is 5.56. The normalized spacial score (nSPS) is 24.5. The number of piperidine rings is 2. The standard InChI is InChI=1S/C32H60N8O/c1-29(2)20-25(21-30(3,4)36-29)38(9)14-12-10-11-13-15-40(26-22-31(5,6)37-32(7,8)23-26)28-34-24-33-27(35-28)39-16-18-41-19-17-39/h24-26,36-37H,10-23H2,1-9H3. The Hall–Kier alpha value is -1.55. The molecule has 0 spiro atoms. The fourth-order valence-corrected chi connectivity index (χ4v) is 8.03. The van der Waals surface area contributed by atoms with E-state index in [9.17, 15) is 0 Å². The minimum atomic E-state index is 0.0626. The minimum Gasteiger partial charge on any atom is -0.378 e. The number of aromatic nitrogens is 3. The molecule has 0 radical (unpaired) electrons. The van der Waals surface area contributed by atoms with Crippen LogP contribution in [0.25, 0.3) is 0 Å². The fourth-order valence-electron chi connectivity index (χ4n) is 8.03. The van der Waals surface area contributed by atoms with Crippen molar-refractivity contribution in [1.82, 2.24) is 30.5 Å². The summed E-state index contributed by atoms with van der Waals surface area (Å²) in [6, 6.07) is 1.03. The summed E-state index contributed by atoms with van der Waals surface area (Å²) in [5, 5.41) is 7.68. The van der Waals surface area contributed by atoms with Crippen LogP contribution >= 0.6 is 0 Å². The van der Waals surface area contributed by atoms with Crippen LogP contribution in [0.5, 0.6) is 0 Å². The number of nitrogens with one attached hydrogen (secondary N) is 2. The van der Waals surface area contributed by atoms with Gasteiger partial charge in [0.2, 0.25) is 11.9 Å². The summed E-state index contributed by atoms with van der Waals surface area (Å²) in [6.07, 6.45) is 11.2. The van der Waals surface area contributed by atoms with Gasteiger partial charge in [-0.15, -0.1) is 0 Å². The number of hydrogen-bond acceptors (Lipinski definition) is 9. The van der Waals surface area contributed by atoms with E-state index in [-0.39, 0.29) is 22.2 Å². The molecular formula is C32H60N8O. The van der Waals surface area contributed by atoms with E-state index >= 15 is 0 Å². The highest BCUT2D eigenvalue weighted by Crippen LogP contribution is 2.34. The second-order valence-electron chi connectivity index (χ2n) is 15.7. The summed E-state index contributed by atoms with van der Waals surface area (Å²) >= 11 is 0. The number of hydrogen-bond donors (Lipinski definition) is 2. The van der Waals surface area contributed by atoms with Gasteiger partial charge in [-0.05, 0) is 108 Å². The van der Waals surface area contributed by atoms with Crippen LogP contribution in [0.1, 0.15) is 107 Å². The van der Waals surface area contributed by atoms with E-state index in [1.54, 1.807) is 6.33 Å². The van der Waals surface area contributed by atoms with Gasteiger partial charge in [0.15, 0.2) is 0 Å². The van der Waals surface area contributed by atoms with Crippen molar-refractivity contribution in [2.45, 2.75) is 141 Å². The molecule has 3 saturated heterocycles. The van der Waals surface area contributed by atoms with Gasteiger partial charge in [0, 0.05) is 53.9 Å². The van der Waals surface area contributed by atoms with Gasteiger partial charge >= 0.3 is 0 Å². The first kappa shape index (κ1) is 32.4. The molecule has 9 nitrogen and oxygen atoms in total. The molecule has 0 aromatic carbocycles. The molecule has 3 aliphatic rings. The molecule has 3 fully saturated rings. The lowest BCUT2D eigenvalue weighted by Crippen LogP contribution is -2.62. The van der Waals surface area contributed by atoms with Gasteiger partial charge in [-0.2, -0.15) is 4.98 Å². The van der Waals surface area contributed by atoms with Crippen LogP contribution in [-0.4, -0.2) is 101 Å². The molecule has 0 atom stereocenters. The Morgan fingerprint density at radius 3 is 1.83 bits per heavy atom. The van der Waals surface area contributed by atoms with Crippen LogP contribution in [0.4, 0.5) is 11.9 Å². The topological polar surface area (TPSA) is 81.7 Å². The maximum atomic E-state index is 5.56. The Bertz CT molecular complexity index is 942. The highest BCUT2D eigenvalue weighted by atomic mass is 16.5. The van der Waals surface area contributed by atoms with Crippen molar-refractivity contribution in [2.75, 3.05) is 56.2 Å². The van der Waals surface area contributed by atoms with E-state index in [4.69, 9.17) is 14.7 Å². The van der Waals surface area contributed by atoms with Crippen molar-refractivity contribution in [3.05, 3.63) is 6.33 Å². The Morgan fingerprint density at radius 1 is 0.756 bits per heavy atom. The SMILES string of the molecule is CN(CCCCCCN(c1ncnc(N2CCOCC2)n1)C1CC(C)(C)NC(C)(C)C1)C1CC(C)(C)NC(C)(C)C1. The van der Waals surface area contributed by atoms with Crippen molar-refractivity contribution >= 4 is 11.9 Å². The summed E-state index contributed by atoms with van der Waals surface area (Å²) in [5.41, 5.74) is 0.511. The largest absolute Gasteiger partial charge is 0.378 e. The average Bonchev–Trinajstić information content (AvgIpc) is 2.85. The molecule has 0 saturated carbocycles. The van der Waals surface area contributed by atoms with E-state index in [0.717, 1.165) is 64.0 Å². The molecule has 234 valence electrons. The first-order chi connectivity index (χ1) is 19.1. The number of morpholine rings is 1. The van der Waals surface area contributed by atoms with E-state index in [2.05, 4.69) is 92.8 Å². The number of anilines is 2. The molecule has 1 aromatic heterocycles. The smallest absolute Gasteiger partial charge is 0.230 e. The Kier molecular flexibility index (Phi) is 10.2. The van der Waals surface area contributed by atoms with E-state index in [0.29, 0.717) is 12.1 Å². The van der Waals surface area contributed by atoms with Gasteiger partial charge in [-0.1, -0.05) is 12.8 Å². The third-order valence-electron chi connectivity index (χ3n) is 9.16. The third kappa shape index (κ3) is 9.47. The number of ether oxygens (including phenoxy) is 1. The van der Waals surface area contributed by atoms with Crippen LogP contribution in [-0.2, 0) is 4.74 Å². The summed E-state index contributed by atoms with van der Waals surface area (Å²) in [4.78, 5) is 21.6. The monoisotopic (exact) mass is 572 g/mol. The molecule has 0 amide bonds. The van der Waals surface area contributed by atoms with E-state index in [1.807, 2.05) is 0 Å². The van der Waals surface area contributed by atoms with Crippen molar-refractivity contribution in [1.29, 1.82) is 0 Å². The van der Waals surface area contributed by atoms with Gasteiger partial charge in [0.25, 0.3) is 0 Å². The van der Waals surface area contributed by atoms with Crippen molar-refractivity contribution < 1.29 is 4.74 Å². The highest BCUT2D eigenvalue weighted by molar-refractivity contribution is 5.39. The van der Waals surface area contributed by atoms with Crippen LogP contribution in [0.15, 0.2) is 6.33 Å². The molecular weight excluding hydrogens is 512 g/mol. The van der Waals surface area contributed by atoms with E-state index in [1.165, 1.54) is 38.6 Å². The molecule has 41 heavy (non-hydrogen) atoms. The second kappa shape index (κ2) is 13.0. The molecule has 0 unspecified atom stereocenters. The quantitative estimate of drug-likeness (QED) is 0.369. The minimum absolute atomic E-state index is 0.0626. The first-order valence-electron chi connectivity index (χ1n) is 16.2. The van der Waals surface area contributed by atoms with Gasteiger partial charge in [0.1, 0.15) is 6.33 Å². The second-order valence-corrected chi connectivity index (χ2v) is 15.7. The maximum absolute atomic E-state index is 5.56. The van der Waals surface area contributed by atoms with Crippen molar-refractivity contribution in [3.63, 3.8) is 0 Å². The van der Waals surface area contributed by atoms with Gasteiger partial charge in [0.05, 0.1) is 13.2 Å². The predicted molar refractivity (Wildman–Crippen MR) is 170 cm³/mol. The predicted octanol–water partition coefficient (Wildman–Crippen LogP) is 4.63. The Labute approximate surface area is 250 Å². The lowest BCUT2D eigenvalue weighted by molar-refractivity contribution is 0.0805. The molecule has 1 aromatic rings. The fraction of sp³-hybridized carbons (Fsp3) is 0.906. The molecule has 9 heteroatoms. The Balaban J connectivity index is 1.35. The van der Waals surface area contributed by atoms with Gasteiger partial charge < -0.3 is 30.1 Å². The summed E-state index contributed by atoms with van der Waals surface area (Å²) in [6.45, 7) is 24.0. The first-order valence-corrected chi connectivity index (χ1v) is 16.2. The van der Waals surface area contributed by atoms with Crippen molar-refractivity contribution in [2.24, 2.45) is 0 Å². The molecule has 4 rings (SSSR count). The van der Waals surface area contributed by atoms with Gasteiger partial charge in [-0.3, -0.25) is 0 Å². The lowest BCUT2D eigenvalue weighted by atomic mass is 9.79. The average molecular weight is 573 g/mol. The molecule has 3 aliphatic heterocycles. The van der Waals surface area contributed by atoms with Crippen LogP contribution < -0.4 is 20.4 Å². The van der Waals surface area contributed by atoms with Crippen LogP contribution in [0, 0.1) is 0 Å². The Morgan fingerprint density at radius 2 is 1.27 bits per heavy atom. The van der Waals surface area contributed by atoms with Crippen molar-refractivity contribution in [3.8, 4) is 0 Å². The van der Waals surface area contributed by atoms with Gasteiger partial charge in [-0.25, -0.2) is 9.97 Å². The molecule has 4 heterocycles. The molecule has 2 N–H and O–H groups in total. The maximum Gasteiger partial charge on any atom is 0.230 e. The zero-order valence-electron chi connectivity index (χ0n) is 27.7. The van der Waals surface area contributed by atoms with Crippen LogP contribution in [0.3, 0.4) is 0 Å². The number of nitrogens with zero attached hydrogens (tertiary/aromatic N) is 6. The summed E-state index contributed by atoms with van der Waals surface area (Å²) in [7, 11) is 2.33. The third-order valence-corrected chi connectivity index (χ3v) is 9.16. The molecule has 0 aliphatic carbocycles. The van der Waals surface area contributed by atoms with E-state index < -0.39 is 0 Å².